The number of carbonyl (C=O) groups is 2. The van der Waals surface area contributed by atoms with E-state index >= 15 is 0 Å². The number of rotatable bonds is 9. The number of aromatic nitrogens is 2. The fraction of sp³-hybridized carbons (Fsp3) is 0.350. The zero-order valence-electron chi connectivity index (χ0n) is 16.8. The Balaban J connectivity index is 1.80. The number of allylic oxidation sites excluding steroid dienone is 1. The number of nitrogens with two attached hydrogens (primary N) is 1. The lowest BCUT2D eigenvalue weighted by molar-refractivity contribution is -0.122. The lowest BCUT2D eigenvalue weighted by Crippen LogP contribution is -2.35. The number of aldehydes is 1. The van der Waals surface area contributed by atoms with Crippen LogP contribution in [0.25, 0.3) is 5.70 Å². The molecule has 12 heteroatoms. The highest BCUT2D eigenvalue weighted by molar-refractivity contribution is 6.31. The van der Waals surface area contributed by atoms with E-state index in [4.69, 9.17) is 21.9 Å². The van der Waals surface area contributed by atoms with Gasteiger partial charge < -0.3 is 20.4 Å². The van der Waals surface area contributed by atoms with Gasteiger partial charge >= 0.3 is 0 Å². The van der Waals surface area contributed by atoms with E-state index < -0.39 is 41.9 Å². The summed E-state index contributed by atoms with van der Waals surface area (Å²) in [4.78, 5) is 29.9. The third-order valence-electron chi connectivity index (χ3n) is 4.82. The van der Waals surface area contributed by atoms with Crippen molar-refractivity contribution in [3.8, 4) is 0 Å². The Hall–Kier alpha value is -3.21. The van der Waals surface area contributed by atoms with Crippen LogP contribution in [0.5, 0.6) is 0 Å². The fourth-order valence-corrected chi connectivity index (χ4v) is 3.39. The van der Waals surface area contributed by atoms with Gasteiger partial charge in [0.25, 0.3) is 12.3 Å². The van der Waals surface area contributed by atoms with Crippen LogP contribution in [0.2, 0.25) is 5.02 Å². The summed E-state index contributed by atoms with van der Waals surface area (Å²) in [7, 11) is 0. The molecule has 170 valence electrons. The number of hydrogen-bond acceptors (Lipinski definition) is 7. The largest absolute Gasteiger partial charge is 0.394 e. The Morgan fingerprint density at radius 3 is 2.75 bits per heavy atom. The van der Waals surface area contributed by atoms with Crippen LogP contribution in [0.4, 0.5) is 13.2 Å². The molecule has 1 unspecified atom stereocenters. The third-order valence-corrected chi connectivity index (χ3v) is 5.14. The first-order valence-electron chi connectivity index (χ1n) is 9.50. The molecule has 1 heterocycles. The Morgan fingerprint density at radius 1 is 1.44 bits per heavy atom. The summed E-state index contributed by atoms with van der Waals surface area (Å²) in [5.74, 6) is -1.16. The molecule has 1 atom stereocenters. The molecule has 8 nitrogen and oxygen atoms in total. The van der Waals surface area contributed by atoms with Crippen molar-refractivity contribution in [1.82, 2.24) is 15.5 Å². The van der Waals surface area contributed by atoms with Gasteiger partial charge in [-0.3, -0.25) is 9.79 Å². The third kappa shape index (κ3) is 5.16. The van der Waals surface area contributed by atoms with Crippen LogP contribution in [0.3, 0.4) is 0 Å². The van der Waals surface area contributed by atoms with Gasteiger partial charge in [-0.05, 0) is 43.5 Å². The lowest BCUT2D eigenvalue weighted by Gasteiger charge is -2.12. The maximum absolute atomic E-state index is 13.4. The normalized spacial score (nSPS) is 16.7. The number of hydrogen-bond donors (Lipinski definition) is 2. The quantitative estimate of drug-likeness (QED) is 0.430. The van der Waals surface area contributed by atoms with Crippen molar-refractivity contribution >= 4 is 35.2 Å². The van der Waals surface area contributed by atoms with Gasteiger partial charge in [-0.1, -0.05) is 22.8 Å². The highest BCUT2D eigenvalue weighted by Crippen LogP contribution is 2.54. The van der Waals surface area contributed by atoms with Crippen LogP contribution in [-0.2, 0) is 15.0 Å². The second kappa shape index (κ2) is 9.51. The average Bonchev–Trinajstić information content (AvgIpc) is 3.37. The maximum Gasteiger partial charge on any atom is 0.280 e. The Labute approximate surface area is 185 Å². The van der Waals surface area contributed by atoms with E-state index in [0.29, 0.717) is 24.7 Å². The minimum absolute atomic E-state index is 0.211. The van der Waals surface area contributed by atoms with Crippen LogP contribution < -0.4 is 11.1 Å². The van der Waals surface area contributed by atoms with Crippen LogP contribution in [0.15, 0.2) is 33.8 Å². The molecule has 3 N–H and O–H groups in total. The van der Waals surface area contributed by atoms with Crippen LogP contribution in [0, 0.1) is 5.82 Å². The summed E-state index contributed by atoms with van der Waals surface area (Å²) in [5, 5.41) is 6.38. The standard InChI is InChI=1S/C20H19ClF3N5O3/c1-10(9-30)27-16(31)8-26-15(17(23)24)7-14(25)18-28-19(29-32-18)20(4-5-20)12-3-2-11(22)6-13(12)21/h2-3,6-7,9-10,17H,4-5,8,25H2,1H3,(H,27,31)/b14-7-,26-15?. The molecule has 0 spiro atoms. The summed E-state index contributed by atoms with van der Waals surface area (Å²) in [5.41, 5.74) is 4.76. The summed E-state index contributed by atoms with van der Waals surface area (Å²) in [6, 6.07) is 3.23. The Morgan fingerprint density at radius 2 is 2.16 bits per heavy atom. The maximum atomic E-state index is 13.4. The summed E-state index contributed by atoms with van der Waals surface area (Å²) < 4.78 is 45.2. The zero-order valence-corrected chi connectivity index (χ0v) is 17.6. The molecule has 1 aromatic heterocycles. The van der Waals surface area contributed by atoms with Crippen LogP contribution >= 0.6 is 11.6 Å². The van der Waals surface area contributed by atoms with E-state index in [1.807, 2.05) is 0 Å². The number of nitrogens with one attached hydrogen (secondary N) is 1. The number of halogens is 4. The van der Waals surface area contributed by atoms with Crippen molar-refractivity contribution in [3.63, 3.8) is 0 Å². The first kappa shape index (κ1) is 23.5. The highest BCUT2D eigenvalue weighted by atomic mass is 35.5. The van der Waals surface area contributed by atoms with E-state index in [2.05, 4.69) is 20.4 Å². The van der Waals surface area contributed by atoms with Crippen molar-refractivity contribution in [1.29, 1.82) is 0 Å². The van der Waals surface area contributed by atoms with E-state index in [0.717, 1.165) is 6.08 Å². The number of benzene rings is 1. The molecule has 3 rings (SSSR count). The fourth-order valence-electron chi connectivity index (χ4n) is 3.05. The molecule has 0 bridgehead atoms. The van der Waals surface area contributed by atoms with E-state index in [1.165, 1.54) is 25.1 Å². The molecular formula is C20H19ClF3N5O3. The number of aliphatic imine (C=N–C) groups is 1. The number of alkyl halides is 2. The van der Waals surface area contributed by atoms with Gasteiger partial charge in [0, 0.05) is 5.02 Å². The zero-order chi connectivity index (χ0) is 23.5. The second-order valence-electron chi connectivity index (χ2n) is 7.26. The lowest BCUT2D eigenvalue weighted by atomic mass is 9.95. The van der Waals surface area contributed by atoms with E-state index in [-0.39, 0.29) is 22.4 Å². The molecule has 1 aliphatic rings. The molecule has 0 aliphatic heterocycles. The smallest absolute Gasteiger partial charge is 0.280 e. The van der Waals surface area contributed by atoms with Gasteiger partial charge in [0.1, 0.15) is 24.4 Å². The number of amides is 1. The van der Waals surface area contributed by atoms with Crippen molar-refractivity contribution in [3.05, 3.63) is 52.4 Å². The highest BCUT2D eigenvalue weighted by Gasteiger charge is 2.51. The summed E-state index contributed by atoms with van der Waals surface area (Å²) >= 11 is 6.16. The molecule has 0 radical (unpaired) electrons. The van der Waals surface area contributed by atoms with E-state index in [9.17, 15) is 22.8 Å². The first-order chi connectivity index (χ1) is 15.2. The Kier molecular flexibility index (Phi) is 6.97. The molecule has 2 aromatic rings. The molecular weight excluding hydrogens is 451 g/mol. The SMILES string of the molecule is CC(C=O)NC(=O)CN=C(/C=C(\N)c1nc(C2(c3ccc(F)cc3Cl)CC2)no1)C(F)F. The molecule has 0 saturated heterocycles. The predicted molar refractivity (Wildman–Crippen MR) is 110 cm³/mol. The van der Waals surface area contributed by atoms with Crippen molar-refractivity contribution in [2.24, 2.45) is 10.7 Å². The minimum Gasteiger partial charge on any atom is -0.394 e. The second-order valence-corrected chi connectivity index (χ2v) is 7.67. The number of carbonyl (C=O) groups excluding carboxylic acids is 2. The number of nitrogens with zero attached hydrogens (tertiary/aromatic N) is 3. The Bertz CT molecular complexity index is 1080. The van der Waals surface area contributed by atoms with Crippen LogP contribution in [0.1, 0.15) is 37.0 Å². The summed E-state index contributed by atoms with van der Waals surface area (Å²) in [6.45, 7) is 0.808. The topological polar surface area (TPSA) is 123 Å². The molecule has 1 fully saturated rings. The monoisotopic (exact) mass is 469 g/mol. The molecule has 1 aliphatic carbocycles. The van der Waals surface area contributed by atoms with Gasteiger partial charge in [0.2, 0.25) is 5.91 Å². The molecule has 1 aromatic carbocycles. The van der Waals surface area contributed by atoms with Gasteiger partial charge in [-0.2, -0.15) is 4.98 Å². The van der Waals surface area contributed by atoms with Crippen molar-refractivity contribution in [2.75, 3.05) is 6.54 Å². The predicted octanol–water partition coefficient (Wildman–Crippen LogP) is 2.65. The molecule has 32 heavy (non-hydrogen) atoms. The first-order valence-corrected chi connectivity index (χ1v) is 9.88. The average molecular weight is 470 g/mol. The van der Waals surface area contributed by atoms with Gasteiger partial charge in [0.15, 0.2) is 5.82 Å². The van der Waals surface area contributed by atoms with E-state index in [1.54, 1.807) is 0 Å². The minimum atomic E-state index is -3.03. The van der Waals surface area contributed by atoms with Gasteiger partial charge in [-0.15, -0.1) is 0 Å². The van der Waals surface area contributed by atoms with Crippen LogP contribution in [-0.4, -0.2) is 47.1 Å². The molecule has 1 saturated carbocycles. The molecule has 1 amide bonds. The van der Waals surface area contributed by atoms with Crippen molar-refractivity contribution < 1.29 is 27.3 Å². The van der Waals surface area contributed by atoms with Gasteiger partial charge in [-0.25, -0.2) is 13.2 Å². The van der Waals surface area contributed by atoms with Gasteiger partial charge in [0.05, 0.1) is 17.2 Å². The summed E-state index contributed by atoms with van der Waals surface area (Å²) in [6.07, 6.45) is -0.423. The van der Waals surface area contributed by atoms with Crippen molar-refractivity contribution in [2.45, 2.75) is 37.6 Å².